The molecule has 1 aromatic heterocycles. The Hall–Kier alpha value is -1.63. The van der Waals surface area contributed by atoms with E-state index in [1.54, 1.807) is 5.51 Å². The summed E-state index contributed by atoms with van der Waals surface area (Å²) in [6.45, 7) is 8.72. The van der Waals surface area contributed by atoms with Crippen LogP contribution in [0.25, 0.3) is 0 Å². The maximum atomic E-state index is 12.2. The van der Waals surface area contributed by atoms with Crippen molar-refractivity contribution in [2.45, 2.75) is 33.6 Å². The van der Waals surface area contributed by atoms with Crippen LogP contribution in [0.5, 0.6) is 0 Å². The number of thiazole rings is 1. The second-order valence-electron chi connectivity index (χ2n) is 6.44. The molecule has 1 fully saturated rings. The van der Waals surface area contributed by atoms with Crippen LogP contribution in [-0.2, 0) is 0 Å². The quantitative estimate of drug-likeness (QED) is 0.827. The highest BCUT2D eigenvalue weighted by Gasteiger charge is 2.22. The van der Waals surface area contributed by atoms with Gasteiger partial charge in [0.25, 0.3) is 5.91 Å². The van der Waals surface area contributed by atoms with Crippen molar-refractivity contribution in [1.82, 2.24) is 20.5 Å². The van der Waals surface area contributed by atoms with E-state index in [2.05, 4.69) is 29.5 Å². The molecule has 1 saturated heterocycles. The van der Waals surface area contributed by atoms with E-state index >= 15 is 0 Å². The first-order chi connectivity index (χ1) is 11.0. The number of hydrogen-bond acceptors (Lipinski definition) is 4. The highest BCUT2D eigenvalue weighted by Crippen LogP contribution is 2.21. The van der Waals surface area contributed by atoms with Crippen molar-refractivity contribution in [1.29, 1.82) is 0 Å². The number of hydrogen-bond donors (Lipinski definition) is 2. The summed E-state index contributed by atoms with van der Waals surface area (Å²) in [5.74, 6) is 1.08. The fourth-order valence-electron chi connectivity index (χ4n) is 2.96. The van der Waals surface area contributed by atoms with Crippen LogP contribution < -0.4 is 10.6 Å². The summed E-state index contributed by atoms with van der Waals surface area (Å²) >= 11 is 1.33. The topological polar surface area (TPSA) is 74.3 Å². The molecule has 0 radical (unpaired) electrons. The van der Waals surface area contributed by atoms with Crippen LogP contribution in [0.15, 0.2) is 5.51 Å². The molecule has 1 aliphatic heterocycles. The first-order valence-corrected chi connectivity index (χ1v) is 9.06. The van der Waals surface area contributed by atoms with Crippen LogP contribution in [0.1, 0.15) is 42.1 Å². The third-order valence-corrected chi connectivity index (χ3v) is 5.08. The predicted molar refractivity (Wildman–Crippen MR) is 91.7 cm³/mol. The lowest BCUT2D eigenvalue weighted by molar-refractivity contribution is 0.0956. The molecule has 23 heavy (non-hydrogen) atoms. The zero-order valence-corrected chi connectivity index (χ0v) is 14.9. The minimum Gasteiger partial charge on any atom is -0.350 e. The molecule has 3 amide bonds. The average molecular weight is 338 g/mol. The lowest BCUT2D eigenvalue weighted by Crippen LogP contribution is -2.44. The molecule has 1 aliphatic rings. The van der Waals surface area contributed by atoms with Gasteiger partial charge in [-0.1, -0.05) is 13.8 Å². The largest absolute Gasteiger partial charge is 0.350 e. The van der Waals surface area contributed by atoms with Crippen LogP contribution in [-0.4, -0.2) is 48.0 Å². The lowest BCUT2D eigenvalue weighted by Gasteiger charge is -2.23. The Morgan fingerprint density at radius 2 is 2.04 bits per heavy atom. The van der Waals surface area contributed by atoms with Crippen LogP contribution in [0.3, 0.4) is 0 Å². The summed E-state index contributed by atoms with van der Waals surface area (Å²) in [4.78, 5) is 30.7. The van der Waals surface area contributed by atoms with E-state index < -0.39 is 0 Å². The Kier molecular flexibility index (Phi) is 6.38. The summed E-state index contributed by atoms with van der Waals surface area (Å²) in [6, 6.07) is -0.0332. The van der Waals surface area contributed by atoms with Crippen LogP contribution >= 0.6 is 11.3 Å². The van der Waals surface area contributed by atoms with Crippen LogP contribution in [0, 0.1) is 18.8 Å². The zero-order chi connectivity index (χ0) is 16.8. The van der Waals surface area contributed by atoms with E-state index in [-0.39, 0.29) is 11.9 Å². The number of nitrogens with zero attached hydrogens (tertiary/aromatic N) is 2. The molecule has 0 bridgehead atoms. The minimum absolute atomic E-state index is 0.0332. The highest BCUT2D eigenvalue weighted by molar-refractivity contribution is 7.11. The van der Waals surface area contributed by atoms with Crippen molar-refractivity contribution in [2.75, 3.05) is 26.2 Å². The normalized spacial score (nSPS) is 21.6. The van der Waals surface area contributed by atoms with E-state index in [1.165, 1.54) is 17.8 Å². The summed E-state index contributed by atoms with van der Waals surface area (Å²) in [5.41, 5.74) is 2.40. The second kappa shape index (κ2) is 8.29. The van der Waals surface area contributed by atoms with Gasteiger partial charge in [-0.2, -0.15) is 0 Å². The maximum Gasteiger partial charge on any atom is 0.317 e. The number of rotatable bonds is 4. The first-order valence-electron chi connectivity index (χ1n) is 8.18. The van der Waals surface area contributed by atoms with Crippen LogP contribution in [0.4, 0.5) is 4.79 Å². The Bertz CT molecular complexity index is 546. The van der Waals surface area contributed by atoms with Gasteiger partial charge in [-0.05, 0) is 31.6 Å². The van der Waals surface area contributed by atoms with Gasteiger partial charge in [-0.25, -0.2) is 9.78 Å². The number of amides is 3. The third-order valence-electron chi connectivity index (χ3n) is 4.15. The molecule has 128 valence electrons. The number of aryl methyl sites for hydroxylation is 1. The van der Waals surface area contributed by atoms with E-state index in [0.717, 1.165) is 25.2 Å². The first kappa shape index (κ1) is 17.7. The number of carbonyl (C=O) groups excluding carboxylic acids is 2. The van der Waals surface area contributed by atoms with E-state index in [1.807, 2.05) is 11.8 Å². The molecule has 0 unspecified atom stereocenters. The van der Waals surface area contributed by atoms with Gasteiger partial charge < -0.3 is 15.5 Å². The van der Waals surface area contributed by atoms with Crippen molar-refractivity contribution in [2.24, 2.45) is 11.8 Å². The Balaban J connectivity index is 1.70. The van der Waals surface area contributed by atoms with Crippen molar-refractivity contribution < 1.29 is 9.59 Å². The average Bonchev–Trinajstić information content (AvgIpc) is 2.85. The van der Waals surface area contributed by atoms with Crippen molar-refractivity contribution in [3.63, 3.8) is 0 Å². The minimum atomic E-state index is -0.128. The molecule has 2 atom stereocenters. The van der Waals surface area contributed by atoms with E-state index in [0.29, 0.717) is 29.8 Å². The van der Waals surface area contributed by atoms with Crippen molar-refractivity contribution in [3.8, 4) is 0 Å². The highest BCUT2D eigenvalue weighted by atomic mass is 32.1. The molecule has 0 aromatic carbocycles. The molecule has 6 nitrogen and oxygen atoms in total. The molecular formula is C16H26N4O2S. The molecule has 0 aliphatic carbocycles. The standard InChI is InChI=1S/C16H26N4O2S/c1-11-4-7-20(9-12(2)8-11)16(22)18-6-5-17-15(21)14-13(3)19-10-23-14/h10-12H,4-9H2,1-3H3,(H,17,21)(H,18,22)/t11-,12+/m0/s1. The molecule has 2 rings (SSSR count). The van der Waals surface area contributed by atoms with Crippen molar-refractivity contribution >= 4 is 23.3 Å². The molecule has 7 heteroatoms. The lowest BCUT2D eigenvalue weighted by atomic mass is 9.97. The van der Waals surface area contributed by atoms with Gasteiger partial charge in [0.05, 0.1) is 11.2 Å². The zero-order valence-electron chi connectivity index (χ0n) is 14.1. The SMILES string of the molecule is Cc1ncsc1C(=O)NCCNC(=O)N1CC[C@H](C)C[C@@H](C)C1. The van der Waals surface area contributed by atoms with E-state index in [4.69, 9.17) is 0 Å². The number of carbonyl (C=O) groups is 2. The van der Waals surface area contributed by atoms with Gasteiger partial charge in [-0.3, -0.25) is 4.79 Å². The van der Waals surface area contributed by atoms with Gasteiger partial charge in [0, 0.05) is 26.2 Å². The molecule has 2 heterocycles. The third kappa shape index (κ3) is 5.20. The maximum absolute atomic E-state index is 12.2. The number of nitrogens with one attached hydrogen (secondary N) is 2. The Labute approximate surface area is 141 Å². The molecule has 2 N–H and O–H groups in total. The Morgan fingerprint density at radius 3 is 2.74 bits per heavy atom. The molecule has 0 saturated carbocycles. The molecular weight excluding hydrogens is 312 g/mol. The summed E-state index contributed by atoms with van der Waals surface area (Å²) in [7, 11) is 0. The van der Waals surface area contributed by atoms with Gasteiger partial charge in [0.1, 0.15) is 4.88 Å². The van der Waals surface area contributed by atoms with Gasteiger partial charge in [-0.15, -0.1) is 11.3 Å². The summed E-state index contributed by atoms with van der Waals surface area (Å²) in [6.07, 6.45) is 2.23. The van der Waals surface area contributed by atoms with Gasteiger partial charge in [0.2, 0.25) is 0 Å². The van der Waals surface area contributed by atoms with Gasteiger partial charge >= 0.3 is 6.03 Å². The number of likely N-dealkylation sites (tertiary alicyclic amines) is 1. The predicted octanol–water partition coefficient (Wildman–Crippen LogP) is 2.26. The molecule has 0 spiro atoms. The monoisotopic (exact) mass is 338 g/mol. The fraction of sp³-hybridized carbons (Fsp3) is 0.688. The number of aromatic nitrogens is 1. The number of urea groups is 1. The smallest absolute Gasteiger partial charge is 0.317 e. The summed E-state index contributed by atoms with van der Waals surface area (Å²) < 4.78 is 0. The van der Waals surface area contributed by atoms with Crippen molar-refractivity contribution in [3.05, 3.63) is 16.1 Å². The van der Waals surface area contributed by atoms with Crippen LogP contribution in [0.2, 0.25) is 0 Å². The fourth-order valence-corrected chi connectivity index (χ4v) is 3.68. The second-order valence-corrected chi connectivity index (χ2v) is 7.29. The van der Waals surface area contributed by atoms with Gasteiger partial charge in [0.15, 0.2) is 0 Å². The Morgan fingerprint density at radius 1 is 1.30 bits per heavy atom. The summed E-state index contributed by atoms with van der Waals surface area (Å²) in [5, 5.41) is 5.70. The molecule has 1 aromatic rings. The van der Waals surface area contributed by atoms with E-state index in [9.17, 15) is 9.59 Å².